The summed E-state index contributed by atoms with van der Waals surface area (Å²) in [5.74, 6) is 0.804. The quantitative estimate of drug-likeness (QED) is 0.587. The maximum atomic E-state index is 4.24. The summed E-state index contributed by atoms with van der Waals surface area (Å²) < 4.78 is 1.80. The lowest BCUT2D eigenvalue weighted by Crippen LogP contribution is -1.94. The van der Waals surface area contributed by atoms with Gasteiger partial charge in [0.25, 0.3) is 0 Å². The third-order valence-corrected chi connectivity index (χ3v) is 4.40. The van der Waals surface area contributed by atoms with Gasteiger partial charge in [-0.3, -0.25) is 5.10 Å². The number of benzene rings is 2. The van der Waals surface area contributed by atoms with Crippen molar-refractivity contribution in [2.24, 2.45) is 0 Å². The zero-order chi connectivity index (χ0) is 14.8. The van der Waals surface area contributed by atoms with Gasteiger partial charge in [-0.1, -0.05) is 23.4 Å². The summed E-state index contributed by atoms with van der Waals surface area (Å²) in [5.41, 5.74) is 2.96. The van der Waals surface area contributed by atoms with Crippen molar-refractivity contribution in [2.45, 2.75) is 10.6 Å². The van der Waals surface area contributed by atoms with Gasteiger partial charge in [0.15, 0.2) is 0 Å². The SMILES string of the molecule is c1ccc(SCc2cn(-c3ccc4[nH]ncc4c3)nn2)cc1. The molecule has 4 aromatic rings. The molecule has 0 saturated carbocycles. The summed E-state index contributed by atoms with van der Waals surface area (Å²) >= 11 is 1.76. The van der Waals surface area contributed by atoms with E-state index in [1.165, 1.54) is 4.90 Å². The van der Waals surface area contributed by atoms with Crippen LogP contribution in [-0.4, -0.2) is 25.2 Å². The predicted molar refractivity (Wildman–Crippen MR) is 87.0 cm³/mol. The number of nitrogens with one attached hydrogen (secondary N) is 1. The van der Waals surface area contributed by atoms with E-state index in [-0.39, 0.29) is 0 Å². The molecule has 108 valence electrons. The van der Waals surface area contributed by atoms with E-state index in [9.17, 15) is 0 Å². The van der Waals surface area contributed by atoms with Crippen LogP contribution in [0.1, 0.15) is 5.69 Å². The van der Waals surface area contributed by atoms with E-state index in [4.69, 9.17) is 0 Å². The van der Waals surface area contributed by atoms with Crippen LogP contribution in [0.4, 0.5) is 0 Å². The minimum absolute atomic E-state index is 0.804. The van der Waals surface area contributed by atoms with Crippen LogP contribution in [0.15, 0.2) is 65.8 Å². The first kappa shape index (κ1) is 13.1. The third kappa shape index (κ3) is 2.60. The zero-order valence-corrected chi connectivity index (χ0v) is 12.5. The van der Waals surface area contributed by atoms with Crippen molar-refractivity contribution in [3.63, 3.8) is 0 Å². The monoisotopic (exact) mass is 307 g/mol. The van der Waals surface area contributed by atoms with Gasteiger partial charge in [0.05, 0.1) is 29.3 Å². The Morgan fingerprint density at radius 1 is 1.09 bits per heavy atom. The summed E-state index contributed by atoms with van der Waals surface area (Å²) in [6, 6.07) is 16.3. The van der Waals surface area contributed by atoms with E-state index in [1.54, 1.807) is 16.4 Å². The Morgan fingerprint density at radius 3 is 2.91 bits per heavy atom. The van der Waals surface area contributed by atoms with Crippen molar-refractivity contribution in [2.75, 3.05) is 0 Å². The van der Waals surface area contributed by atoms with Gasteiger partial charge in [0, 0.05) is 16.0 Å². The Balaban J connectivity index is 1.53. The number of H-pyrrole nitrogens is 1. The topological polar surface area (TPSA) is 59.4 Å². The summed E-state index contributed by atoms with van der Waals surface area (Å²) in [7, 11) is 0. The molecule has 22 heavy (non-hydrogen) atoms. The highest BCUT2D eigenvalue weighted by Gasteiger charge is 2.05. The highest BCUT2D eigenvalue weighted by molar-refractivity contribution is 7.98. The Bertz CT molecular complexity index is 897. The maximum Gasteiger partial charge on any atom is 0.0934 e. The van der Waals surface area contributed by atoms with E-state index >= 15 is 0 Å². The summed E-state index contributed by atoms with van der Waals surface area (Å²) in [4.78, 5) is 1.23. The molecule has 0 atom stereocenters. The number of hydrogen-bond acceptors (Lipinski definition) is 4. The number of thioether (sulfide) groups is 1. The Labute approximate surface area is 131 Å². The fraction of sp³-hybridized carbons (Fsp3) is 0.0625. The molecule has 0 unspecified atom stereocenters. The van der Waals surface area contributed by atoms with Crippen LogP contribution >= 0.6 is 11.8 Å². The molecule has 0 aliphatic rings. The lowest BCUT2D eigenvalue weighted by molar-refractivity contribution is 0.801. The first-order chi connectivity index (χ1) is 10.9. The van der Waals surface area contributed by atoms with Crippen LogP contribution in [0.25, 0.3) is 16.6 Å². The largest absolute Gasteiger partial charge is 0.278 e. The molecule has 2 aromatic heterocycles. The van der Waals surface area contributed by atoms with Crippen LogP contribution < -0.4 is 0 Å². The molecular formula is C16H13N5S. The first-order valence-corrected chi connectivity index (χ1v) is 7.90. The second kappa shape index (κ2) is 5.65. The van der Waals surface area contributed by atoms with Gasteiger partial charge in [-0.05, 0) is 30.3 Å². The van der Waals surface area contributed by atoms with Gasteiger partial charge in [0.2, 0.25) is 0 Å². The van der Waals surface area contributed by atoms with E-state index in [0.29, 0.717) is 0 Å². The smallest absolute Gasteiger partial charge is 0.0934 e. The van der Waals surface area contributed by atoms with Crippen molar-refractivity contribution >= 4 is 22.7 Å². The highest BCUT2D eigenvalue weighted by Crippen LogP contribution is 2.22. The Morgan fingerprint density at radius 2 is 2.00 bits per heavy atom. The summed E-state index contributed by atoms with van der Waals surface area (Å²) in [5, 5.41) is 16.5. The number of hydrogen-bond donors (Lipinski definition) is 1. The number of nitrogens with zero attached hydrogens (tertiary/aromatic N) is 4. The lowest BCUT2D eigenvalue weighted by Gasteiger charge is -1.99. The lowest BCUT2D eigenvalue weighted by atomic mass is 10.2. The summed E-state index contributed by atoms with van der Waals surface area (Å²) in [6.45, 7) is 0. The fourth-order valence-electron chi connectivity index (χ4n) is 2.24. The van der Waals surface area contributed by atoms with E-state index in [1.807, 2.05) is 48.8 Å². The van der Waals surface area contributed by atoms with Crippen LogP contribution in [-0.2, 0) is 5.75 Å². The number of aromatic amines is 1. The normalized spacial score (nSPS) is 11.1. The molecule has 0 saturated heterocycles. The van der Waals surface area contributed by atoms with Gasteiger partial charge in [-0.2, -0.15) is 5.10 Å². The first-order valence-electron chi connectivity index (χ1n) is 6.91. The highest BCUT2D eigenvalue weighted by atomic mass is 32.2. The fourth-order valence-corrected chi connectivity index (χ4v) is 3.03. The van der Waals surface area contributed by atoms with Gasteiger partial charge in [-0.25, -0.2) is 4.68 Å². The maximum absolute atomic E-state index is 4.24. The molecule has 5 nitrogen and oxygen atoms in total. The van der Waals surface area contributed by atoms with E-state index in [2.05, 4.69) is 32.6 Å². The Hall–Kier alpha value is -2.60. The predicted octanol–water partition coefficient (Wildman–Crippen LogP) is 3.44. The van der Waals surface area contributed by atoms with Crippen molar-refractivity contribution in [3.8, 4) is 5.69 Å². The van der Waals surface area contributed by atoms with E-state index in [0.717, 1.165) is 28.0 Å². The van der Waals surface area contributed by atoms with Gasteiger partial charge in [-0.15, -0.1) is 16.9 Å². The molecule has 0 aliphatic heterocycles. The van der Waals surface area contributed by atoms with Crippen LogP contribution in [0.5, 0.6) is 0 Å². The van der Waals surface area contributed by atoms with E-state index < -0.39 is 0 Å². The zero-order valence-electron chi connectivity index (χ0n) is 11.7. The van der Waals surface area contributed by atoms with Crippen LogP contribution in [0.3, 0.4) is 0 Å². The number of aromatic nitrogens is 5. The Kier molecular flexibility index (Phi) is 3.36. The second-order valence-electron chi connectivity index (χ2n) is 4.90. The van der Waals surface area contributed by atoms with Crippen molar-refractivity contribution in [3.05, 3.63) is 66.6 Å². The molecular weight excluding hydrogens is 294 g/mol. The molecule has 4 rings (SSSR count). The van der Waals surface area contributed by atoms with Gasteiger partial charge < -0.3 is 0 Å². The minimum atomic E-state index is 0.804. The van der Waals surface area contributed by atoms with Gasteiger partial charge in [0.1, 0.15) is 0 Å². The average Bonchev–Trinajstić information content (AvgIpc) is 3.22. The van der Waals surface area contributed by atoms with Crippen molar-refractivity contribution < 1.29 is 0 Å². The molecule has 6 heteroatoms. The standard InChI is InChI=1S/C16H13N5S/c1-2-4-15(5-3-1)22-11-13-10-21(20-18-13)14-6-7-16-12(8-14)9-17-19-16/h1-10H,11H2,(H,17,19). The second-order valence-corrected chi connectivity index (χ2v) is 5.95. The molecule has 2 heterocycles. The van der Waals surface area contributed by atoms with Crippen LogP contribution in [0.2, 0.25) is 0 Å². The number of rotatable bonds is 4. The van der Waals surface area contributed by atoms with Gasteiger partial charge >= 0.3 is 0 Å². The molecule has 0 spiro atoms. The molecule has 0 fully saturated rings. The number of fused-ring (bicyclic) bond motifs is 1. The summed E-state index contributed by atoms with van der Waals surface area (Å²) in [6.07, 6.45) is 3.78. The van der Waals surface area contributed by atoms with Crippen molar-refractivity contribution in [1.29, 1.82) is 0 Å². The molecule has 0 bridgehead atoms. The molecule has 0 aliphatic carbocycles. The minimum Gasteiger partial charge on any atom is -0.278 e. The molecule has 0 amide bonds. The molecule has 0 radical (unpaired) electrons. The molecule has 2 aromatic carbocycles. The van der Waals surface area contributed by atoms with Crippen LogP contribution in [0, 0.1) is 0 Å². The third-order valence-electron chi connectivity index (χ3n) is 3.36. The van der Waals surface area contributed by atoms with Crippen molar-refractivity contribution in [1.82, 2.24) is 25.2 Å². The molecule has 1 N–H and O–H groups in total. The average molecular weight is 307 g/mol.